The minimum Gasteiger partial charge on any atom is -0.455 e. The lowest BCUT2D eigenvalue weighted by molar-refractivity contribution is 0.0382. The largest absolute Gasteiger partial charge is 0.455 e. The smallest absolute Gasteiger partial charge is 0.271 e. The number of fused-ring (bicyclic) bond motifs is 2. The summed E-state index contributed by atoms with van der Waals surface area (Å²) in [6.07, 6.45) is 4.87. The molecule has 2 aromatic carbocycles. The number of hydrogen-bond acceptors (Lipinski definition) is 7. The number of aromatic nitrogens is 2. The Labute approximate surface area is 217 Å². The molecule has 1 atom stereocenters. The van der Waals surface area contributed by atoms with Gasteiger partial charge in [0, 0.05) is 49.5 Å². The molecule has 0 aliphatic carbocycles. The quantitative estimate of drug-likeness (QED) is 0.301. The van der Waals surface area contributed by atoms with Crippen LogP contribution in [0.4, 0.5) is 11.4 Å². The van der Waals surface area contributed by atoms with E-state index in [0.29, 0.717) is 37.0 Å². The molecule has 6 rings (SSSR count). The van der Waals surface area contributed by atoms with E-state index in [9.17, 15) is 4.79 Å². The molecule has 2 aliphatic heterocycles. The molecular weight excluding hydrogens is 496 g/mol. The number of hydrogen-bond donors (Lipinski definition) is 2. The molecule has 0 spiro atoms. The molecule has 4 heterocycles. The Kier molecular flexibility index (Phi) is 6.31. The summed E-state index contributed by atoms with van der Waals surface area (Å²) in [5.74, 6) is 1.62. The average molecular weight is 519 g/mol. The standard InChI is InChI=1S/C27H23ClN4O3S/c28-18-11-17(13-29-15-18)14-31-19-6-7-22-25(12-19)36-24-5-1-3-20(26(24)35-22)23-16-32(9-10-34-23)21-4-2-8-30-27(21)33/h1-8,11-13,15,23,31H,9-10,14,16H2,(H,30,33). The van der Waals surface area contributed by atoms with Gasteiger partial charge in [-0.2, -0.15) is 0 Å². The minimum absolute atomic E-state index is 0.0926. The molecule has 2 aliphatic rings. The van der Waals surface area contributed by atoms with Crippen LogP contribution in [0.1, 0.15) is 17.2 Å². The maximum atomic E-state index is 12.3. The van der Waals surface area contributed by atoms with Crippen molar-refractivity contribution in [3.8, 4) is 11.5 Å². The lowest BCUT2D eigenvalue weighted by Crippen LogP contribution is -2.41. The number of morpholine rings is 1. The van der Waals surface area contributed by atoms with Gasteiger partial charge in [0.15, 0.2) is 0 Å². The lowest BCUT2D eigenvalue weighted by atomic mass is 10.1. The van der Waals surface area contributed by atoms with E-state index in [1.807, 2.05) is 42.5 Å². The topological polar surface area (TPSA) is 79.5 Å². The summed E-state index contributed by atoms with van der Waals surface area (Å²) in [5, 5.41) is 4.05. The number of benzene rings is 2. The maximum absolute atomic E-state index is 12.3. The second kappa shape index (κ2) is 9.89. The fourth-order valence-electron chi connectivity index (χ4n) is 4.46. The second-order valence-electron chi connectivity index (χ2n) is 8.60. The molecule has 2 N–H and O–H groups in total. The Balaban J connectivity index is 1.21. The summed E-state index contributed by atoms with van der Waals surface area (Å²) in [6, 6.07) is 17.8. The van der Waals surface area contributed by atoms with E-state index in [1.165, 1.54) is 0 Å². The highest BCUT2D eigenvalue weighted by Gasteiger charge is 2.29. The first kappa shape index (κ1) is 23.0. The molecule has 4 aromatic rings. The molecule has 0 saturated carbocycles. The summed E-state index contributed by atoms with van der Waals surface area (Å²) >= 11 is 7.72. The van der Waals surface area contributed by atoms with Crippen LogP contribution in [0.2, 0.25) is 5.02 Å². The first-order chi connectivity index (χ1) is 17.6. The van der Waals surface area contributed by atoms with Crippen molar-refractivity contribution in [1.82, 2.24) is 9.97 Å². The van der Waals surface area contributed by atoms with Crippen LogP contribution in [0.3, 0.4) is 0 Å². The Morgan fingerprint density at radius 3 is 2.97 bits per heavy atom. The monoisotopic (exact) mass is 518 g/mol. The van der Waals surface area contributed by atoms with Gasteiger partial charge in [-0.15, -0.1) is 0 Å². The van der Waals surface area contributed by atoms with Gasteiger partial charge in [-0.05, 0) is 48.0 Å². The van der Waals surface area contributed by atoms with Crippen LogP contribution in [0, 0.1) is 0 Å². The zero-order valence-corrected chi connectivity index (χ0v) is 20.8. The zero-order valence-electron chi connectivity index (χ0n) is 19.2. The Bertz CT molecular complexity index is 1480. The van der Waals surface area contributed by atoms with Gasteiger partial charge in [0.1, 0.15) is 23.3 Å². The summed E-state index contributed by atoms with van der Waals surface area (Å²) in [4.78, 5) is 23.4. The van der Waals surface area contributed by atoms with Crippen LogP contribution < -0.4 is 20.5 Å². The number of nitrogens with zero attached hydrogens (tertiary/aromatic N) is 2. The first-order valence-electron chi connectivity index (χ1n) is 11.6. The second-order valence-corrected chi connectivity index (χ2v) is 10.1. The molecule has 0 radical (unpaired) electrons. The summed E-state index contributed by atoms with van der Waals surface area (Å²) in [7, 11) is 0. The number of halogens is 1. The van der Waals surface area contributed by atoms with Crippen LogP contribution in [0.15, 0.2) is 87.8 Å². The van der Waals surface area contributed by atoms with E-state index in [0.717, 1.165) is 38.1 Å². The molecule has 182 valence electrons. The third kappa shape index (κ3) is 4.67. The molecule has 36 heavy (non-hydrogen) atoms. The molecule has 1 saturated heterocycles. The Morgan fingerprint density at radius 1 is 1.14 bits per heavy atom. The predicted octanol–water partition coefficient (Wildman–Crippen LogP) is 5.87. The van der Waals surface area contributed by atoms with Gasteiger partial charge in [-0.25, -0.2) is 0 Å². The summed E-state index contributed by atoms with van der Waals surface area (Å²) in [5.41, 5.74) is 3.55. The van der Waals surface area contributed by atoms with E-state index in [1.54, 1.807) is 30.4 Å². The number of anilines is 2. The fourth-order valence-corrected chi connectivity index (χ4v) is 5.69. The van der Waals surface area contributed by atoms with Crippen LogP contribution in [-0.2, 0) is 11.3 Å². The van der Waals surface area contributed by atoms with Crippen molar-refractivity contribution in [2.24, 2.45) is 0 Å². The molecule has 9 heteroatoms. The van der Waals surface area contributed by atoms with Crippen LogP contribution in [0.25, 0.3) is 0 Å². The van der Waals surface area contributed by atoms with Crippen molar-refractivity contribution >= 4 is 34.7 Å². The van der Waals surface area contributed by atoms with Crippen molar-refractivity contribution < 1.29 is 9.47 Å². The minimum atomic E-state index is -0.206. The van der Waals surface area contributed by atoms with E-state index >= 15 is 0 Å². The van der Waals surface area contributed by atoms with Gasteiger partial charge in [-0.1, -0.05) is 35.5 Å². The van der Waals surface area contributed by atoms with Crippen molar-refractivity contribution in [2.45, 2.75) is 22.4 Å². The number of H-pyrrole nitrogens is 1. The third-order valence-electron chi connectivity index (χ3n) is 6.19. The normalized spacial score (nSPS) is 16.6. The number of aromatic amines is 1. The number of pyridine rings is 2. The highest BCUT2D eigenvalue weighted by Crippen LogP contribution is 2.50. The fraction of sp³-hybridized carbons (Fsp3) is 0.185. The highest BCUT2D eigenvalue weighted by atomic mass is 35.5. The van der Waals surface area contributed by atoms with Gasteiger partial charge in [-0.3, -0.25) is 9.78 Å². The molecule has 0 bridgehead atoms. The molecular formula is C27H23ClN4O3S. The molecule has 1 fully saturated rings. The van der Waals surface area contributed by atoms with Gasteiger partial charge in [0.25, 0.3) is 5.56 Å². The zero-order chi connectivity index (χ0) is 24.5. The molecule has 1 unspecified atom stereocenters. The van der Waals surface area contributed by atoms with Crippen molar-refractivity contribution in [3.63, 3.8) is 0 Å². The molecule has 0 amide bonds. The maximum Gasteiger partial charge on any atom is 0.271 e. The van der Waals surface area contributed by atoms with Crippen molar-refractivity contribution in [1.29, 1.82) is 0 Å². The molecule has 2 aromatic heterocycles. The van der Waals surface area contributed by atoms with Crippen LogP contribution in [0.5, 0.6) is 11.5 Å². The van der Waals surface area contributed by atoms with E-state index in [2.05, 4.69) is 32.3 Å². The first-order valence-corrected chi connectivity index (χ1v) is 12.8. The summed E-state index contributed by atoms with van der Waals surface area (Å²) < 4.78 is 12.6. The van der Waals surface area contributed by atoms with E-state index in [4.69, 9.17) is 21.1 Å². The van der Waals surface area contributed by atoms with E-state index < -0.39 is 0 Å². The number of ether oxygens (including phenoxy) is 2. The van der Waals surface area contributed by atoms with Crippen molar-refractivity contribution in [3.05, 3.63) is 99.7 Å². The molecule has 7 nitrogen and oxygen atoms in total. The predicted molar refractivity (Wildman–Crippen MR) is 142 cm³/mol. The van der Waals surface area contributed by atoms with Gasteiger partial charge >= 0.3 is 0 Å². The number of nitrogens with one attached hydrogen (secondary N) is 2. The van der Waals surface area contributed by atoms with Crippen LogP contribution in [-0.4, -0.2) is 29.7 Å². The number of para-hydroxylation sites is 1. The number of rotatable bonds is 5. The van der Waals surface area contributed by atoms with Gasteiger partial charge in [0.2, 0.25) is 0 Å². The van der Waals surface area contributed by atoms with Crippen LogP contribution >= 0.6 is 23.4 Å². The van der Waals surface area contributed by atoms with E-state index in [-0.39, 0.29) is 11.7 Å². The van der Waals surface area contributed by atoms with Crippen molar-refractivity contribution in [2.75, 3.05) is 29.9 Å². The Hall–Kier alpha value is -3.46. The summed E-state index contributed by atoms with van der Waals surface area (Å²) in [6.45, 7) is 2.39. The average Bonchev–Trinajstić information content (AvgIpc) is 2.91. The Morgan fingerprint density at radius 2 is 2.08 bits per heavy atom. The van der Waals surface area contributed by atoms with Gasteiger partial charge in [0.05, 0.1) is 21.4 Å². The lowest BCUT2D eigenvalue weighted by Gasteiger charge is -2.35. The highest BCUT2D eigenvalue weighted by molar-refractivity contribution is 7.99. The third-order valence-corrected chi connectivity index (χ3v) is 7.48. The SMILES string of the molecule is O=c1[nH]cccc1N1CCOC(c2cccc3c2Oc2ccc(NCc4cncc(Cl)c4)cc2S3)C1. The van der Waals surface area contributed by atoms with Gasteiger partial charge < -0.3 is 24.7 Å².